The molecule has 0 bridgehead atoms. The Kier molecular flexibility index (Phi) is 30.7. The lowest BCUT2D eigenvalue weighted by molar-refractivity contribution is -0.240. The van der Waals surface area contributed by atoms with Crippen LogP contribution in [0.5, 0.6) is 0 Å². The van der Waals surface area contributed by atoms with E-state index in [9.17, 15) is 0 Å². The first-order chi connectivity index (χ1) is 19.6. The summed E-state index contributed by atoms with van der Waals surface area (Å²) < 4.78 is 19.5. The molecule has 0 fully saturated rings. The lowest BCUT2D eigenvalue weighted by Gasteiger charge is -2.38. The van der Waals surface area contributed by atoms with Gasteiger partial charge < -0.3 is 14.2 Å². The van der Waals surface area contributed by atoms with Crippen LogP contribution in [-0.4, -0.2) is 41.6 Å². The molecule has 0 aliphatic carbocycles. The molecule has 0 heterocycles. The molecule has 1 atom stereocenters. The molecule has 0 N–H and O–H groups in total. The van der Waals surface area contributed by atoms with E-state index in [1.807, 2.05) is 0 Å². The molecule has 0 radical (unpaired) electrons. The van der Waals surface area contributed by atoms with E-state index < -0.39 is 5.41 Å². The van der Waals surface area contributed by atoms with Gasteiger partial charge in [-0.05, 0) is 44.9 Å². The first-order valence-electron chi connectivity index (χ1n) is 17.5. The van der Waals surface area contributed by atoms with E-state index in [0.717, 1.165) is 61.8 Å². The number of ether oxygens (including phenoxy) is 3. The van der Waals surface area contributed by atoms with Gasteiger partial charge in [-0.1, -0.05) is 154 Å². The molecule has 0 saturated carbocycles. The second-order valence-corrected chi connectivity index (χ2v) is 12.9. The van der Waals surface area contributed by atoms with Gasteiger partial charge in [0.25, 0.3) is 0 Å². The first kappa shape index (κ1) is 39.3. The van der Waals surface area contributed by atoms with E-state index in [1.165, 1.54) is 89.9 Å². The Hall–Kier alpha value is -0.683. The second-order valence-electron chi connectivity index (χ2n) is 11.5. The zero-order chi connectivity index (χ0) is 29.4. The predicted octanol–water partition coefficient (Wildman–Crippen LogP) is 10.4. The highest BCUT2D eigenvalue weighted by Gasteiger charge is 2.36. The molecule has 1 unspecified atom stereocenters. The molecule has 0 aromatic rings. The highest BCUT2D eigenvalue weighted by atomic mass is 28.1. The quantitative estimate of drug-likeness (QED) is 0.0354. The van der Waals surface area contributed by atoms with Crippen molar-refractivity contribution in [3.05, 3.63) is 36.5 Å². The van der Waals surface area contributed by atoms with Crippen molar-refractivity contribution in [3.8, 4) is 0 Å². The second kappa shape index (κ2) is 31.3. The third kappa shape index (κ3) is 25.1. The smallest absolute Gasteiger partial charge is 0.166 e. The van der Waals surface area contributed by atoms with Crippen molar-refractivity contribution in [2.45, 2.75) is 174 Å². The summed E-state index contributed by atoms with van der Waals surface area (Å²) in [7, 11) is 0.795. The summed E-state index contributed by atoms with van der Waals surface area (Å²) in [5.41, 5.74) is -0.578. The third-order valence-corrected chi connectivity index (χ3v) is 8.78. The Labute approximate surface area is 254 Å². The lowest BCUT2D eigenvalue weighted by atomic mass is 10.0. The summed E-state index contributed by atoms with van der Waals surface area (Å²) in [5.74, 6) is 0. The van der Waals surface area contributed by atoms with Crippen molar-refractivity contribution in [1.82, 2.24) is 0 Å². The van der Waals surface area contributed by atoms with E-state index >= 15 is 0 Å². The minimum Gasteiger partial charge on any atom is -0.373 e. The van der Waals surface area contributed by atoms with Crippen LogP contribution in [0, 0.1) is 0 Å². The van der Waals surface area contributed by atoms with Crippen LogP contribution in [-0.2, 0) is 14.2 Å². The van der Waals surface area contributed by atoms with Crippen LogP contribution < -0.4 is 0 Å². The lowest BCUT2D eigenvalue weighted by Crippen LogP contribution is -2.50. The number of hydrogen-bond donors (Lipinski definition) is 0. The van der Waals surface area contributed by atoms with Crippen molar-refractivity contribution in [3.63, 3.8) is 0 Å². The fraction of sp³-hybridized carbons (Fsp3) is 0.833. The molecule has 3 nitrogen and oxygen atoms in total. The molecular formula is C36H70O3Si. The number of unbranched alkanes of at least 4 members (excludes halogenated alkanes) is 13. The average Bonchev–Trinajstić information content (AvgIpc) is 2.96. The van der Waals surface area contributed by atoms with Gasteiger partial charge in [0.15, 0.2) is 5.41 Å². The van der Waals surface area contributed by atoms with E-state index in [4.69, 9.17) is 14.2 Å². The highest BCUT2D eigenvalue weighted by molar-refractivity contribution is 6.13. The molecule has 0 aliphatic rings. The molecule has 236 valence electrons. The van der Waals surface area contributed by atoms with Gasteiger partial charge in [0.1, 0.15) is 6.10 Å². The molecule has 0 saturated heterocycles. The Bertz CT molecular complexity index is 567. The Morgan fingerprint density at radius 3 is 1.27 bits per heavy atom. The zero-order valence-corrected chi connectivity index (χ0v) is 29.7. The van der Waals surface area contributed by atoms with Gasteiger partial charge >= 0.3 is 0 Å². The van der Waals surface area contributed by atoms with Gasteiger partial charge in [-0.3, -0.25) is 0 Å². The molecule has 0 rings (SSSR count). The molecule has 40 heavy (non-hydrogen) atoms. The summed E-state index contributed by atoms with van der Waals surface area (Å²) >= 11 is 0. The van der Waals surface area contributed by atoms with Crippen molar-refractivity contribution >= 4 is 10.2 Å². The minimum absolute atomic E-state index is 0.0110. The fourth-order valence-electron chi connectivity index (χ4n) is 5.04. The van der Waals surface area contributed by atoms with E-state index in [1.54, 1.807) is 0 Å². The average molecular weight is 579 g/mol. The van der Waals surface area contributed by atoms with Crippen molar-refractivity contribution in [1.29, 1.82) is 0 Å². The molecule has 0 spiro atoms. The Morgan fingerprint density at radius 2 is 0.875 bits per heavy atom. The predicted molar refractivity (Wildman–Crippen MR) is 181 cm³/mol. The third-order valence-electron chi connectivity index (χ3n) is 7.56. The van der Waals surface area contributed by atoms with Crippen LogP contribution in [0.3, 0.4) is 0 Å². The van der Waals surface area contributed by atoms with Crippen LogP contribution in [0.1, 0.15) is 163 Å². The van der Waals surface area contributed by atoms with Crippen molar-refractivity contribution in [2.24, 2.45) is 0 Å². The van der Waals surface area contributed by atoms with Gasteiger partial charge in [0.05, 0.1) is 30.1 Å². The molecule has 0 aliphatic heterocycles. The van der Waals surface area contributed by atoms with Crippen molar-refractivity contribution in [2.75, 3.05) is 19.8 Å². The summed E-state index contributed by atoms with van der Waals surface area (Å²) in [6.45, 7) is 11.0. The SMILES string of the molecule is CCC=CCCOC(CCCCCCCCCCCCCCCC)C([SiH3])(OCCC=CCC)OCCC=CCC. The highest BCUT2D eigenvalue weighted by Crippen LogP contribution is 2.25. The number of rotatable bonds is 31. The molecule has 0 amide bonds. The summed E-state index contributed by atoms with van der Waals surface area (Å²) in [6.07, 6.45) is 39.8. The van der Waals surface area contributed by atoms with Gasteiger partial charge in [-0.15, -0.1) is 0 Å². The van der Waals surface area contributed by atoms with Gasteiger partial charge in [-0.2, -0.15) is 0 Å². The van der Waals surface area contributed by atoms with E-state index in [2.05, 4.69) is 64.2 Å². The number of hydrogen-bond acceptors (Lipinski definition) is 3. The standard InChI is InChI=1S/C36H70O3Si/c1-5-9-13-17-18-19-20-21-22-23-24-25-26-27-31-35(37-32-28-14-10-6-2)36(40,38-33-29-15-11-7-3)39-34-30-16-12-8-4/h10-12,14-16,35H,5-9,13,17-34H2,1-4,40H3. The molecule has 0 aromatic carbocycles. The van der Waals surface area contributed by atoms with Crippen molar-refractivity contribution < 1.29 is 14.2 Å². The minimum atomic E-state index is -0.578. The molecule has 0 aromatic heterocycles. The van der Waals surface area contributed by atoms with Crippen LogP contribution in [0.25, 0.3) is 0 Å². The number of allylic oxidation sites excluding steroid dienone is 3. The summed E-state index contributed by atoms with van der Waals surface area (Å²) in [5, 5.41) is 0. The Balaban J connectivity index is 4.64. The van der Waals surface area contributed by atoms with Crippen LogP contribution in [0.2, 0.25) is 0 Å². The maximum atomic E-state index is 6.52. The monoisotopic (exact) mass is 579 g/mol. The zero-order valence-electron chi connectivity index (χ0n) is 27.7. The fourth-order valence-corrected chi connectivity index (χ4v) is 5.90. The van der Waals surface area contributed by atoms with Gasteiger partial charge in [-0.25, -0.2) is 0 Å². The topological polar surface area (TPSA) is 27.7 Å². The van der Waals surface area contributed by atoms with E-state index in [-0.39, 0.29) is 6.10 Å². The van der Waals surface area contributed by atoms with Crippen LogP contribution in [0.4, 0.5) is 0 Å². The Morgan fingerprint density at radius 1 is 0.500 bits per heavy atom. The molecular weight excluding hydrogens is 508 g/mol. The van der Waals surface area contributed by atoms with Gasteiger partial charge in [0.2, 0.25) is 0 Å². The summed E-state index contributed by atoms with van der Waals surface area (Å²) in [6, 6.07) is 0. The summed E-state index contributed by atoms with van der Waals surface area (Å²) in [4.78, 5) is 0. The van der Waals surface area contributed by atoms with E-state index in [0.29, 0.717) is 13.2 Å². The molecule has 4 heteroatoms. The maximum absolute atomic E-state index is 6.52. The van der Waals surface area contributed by atoms with Crippen LogP contribution in [0.15, 0.2) is 36.5 Å². The normalized spacial score (nSPS) is 14.7. The first-order valence-corrected chi connectivity index (χ1v) is 18.5. The maximum Gasteiger partial charge on any atom is 0.166 e. The van der Waals surface area contributed by atoms with Crippen LogP contribution >= 0.6 is 0 Å². The largest absolute Gasteiger partial charge is 0.373 e. The van der Waals surface area contributed by atoms with Gasteiger partial charge in [0, 0.05) is 0 Å².